The Morgan fingerprint density at radius 3 is 2.54 bits per heavy atom. The van der Waals surface area contributed by atoms with Crippen LogP contribution in [-0.2, 0) is 20.8 Å². The molecule has 0 unspecified atom stereocenters. The zero-order valence-corrected chi connectivity index (χ0v) is 14.7. The molecule has 2 rings (SSSR count). The molecule has 0 radical (unpaired) electrons. The van der Waals surface area contributed by atoms with Crippen LogP contribution >= 0.6 is 0 Å². The fourth-order valence-corrected chi connectivity index (χ4v) is 3.02. The predicted octanol–water partition coefficient (Wildman–Crippen LogP) is -0.515. The van der Waals surface area contributed by atoms with Crippen LogP contribution in [0.1, 0.15) is 25.3 Å². The summed E-state index contributed by atoms with van der Waals surface area (Å²) in [5.74, 6) is -0.910. The van der Waals surface area contributed by atoms with Gasteiger partial charge < -0.3 is 26.2 Å². The summed E-state index contributed by atoms with van der Waals surface area (Å²) in [5.41, 5.74) is 5.82. The minimum atomic E-state index is -0.802. The summed E-state index contributed by atoms with van der Waals surface area (Å²) in [5, 5.41) is 15.3. The SMILES string of the molecule is CCOc1ccc(CC(=O)N[C@@H]2C[C@H](C(=O)NCC(N)=O)C[C@H]2O)cc1. The molecule has 1 saturated carbocycles. The van der Waals surface area contributed by atoms with Gasteiger partial charge in [0.1, 0.15) is 5.75 Å². The maximum Gasteiger partial charge on any atom is 0.236 e. The van der Waals surface area contributed by atoms with Gasteiger partial charge in [0.05, 0.1) is 31.7 Å². The molecule has 1 aliphatic carbocycles. The van der Waals surface area contributed by atoms with Crippen molar-refractivity contribution in [2.45, 2.75) is 38.3 Å². The van der Waals surface area contributed by atoms with E-state index in [1.165, 1.54) is 0 Å². The molecule has 0 aromatic heterocycles. The third-order valence-corrected chi connectivity index (χ3v) is 4.28. The zero-order valence-electron chi connectivity index (χ0n) is 14.7. The van der Waals surface area contributed by atoms with E-state index in [9.17, 15) is 19.5 Å². The van der Waals surface area contributed by atoms with E-state index in [1.54, 1.807) is 12.1 Å². The average molecular weight is 363 g/mol. The quantitative estimate of drug-likeness (QED) is 0.494. The second kappa shape index (κ2) is 9.19. The summed E-state index contributed by atoms with van der Waals surface area (Å²) < 4.78 is 5.36. The highest BCUT2D eigenvalue weighted by Crippen LogP contribution is 2.26. The van der Waals surface area contributed by atoms with Crippen molar-refractivity contribution in [3.8, 4) is 5.75 Å². The van der Waals surface area contributed by atoms with Gasteiger partial charge in [0.25, 0.3) is 0 Å². The van der Waals surface area contributed by atoms with Crippen LogP contribution in [0.5, 0.6) is 5.75 Å². The molecule has 142 valence electrons. The standard InChI is InChI=1S/C18H25N3O5/c1-2-26-13-5-3-11(4-6-13)7-17(24)21-14-8-12(9-15(14)22)18(25)20-10-16(19)23/h3-6,12,14-15,22H,2,7-10H2,1H3,(H2,19,23)(H,20,25)(H,21,24)/t12-,14+,15+/m0/s1. The van der Waals surface area contributed by atoms with Gasteiger partial charge in [-0.3, -0.25) is 14.4 Å². The van der Waals surface area contributed by atoms with Gasteiger partial charge in [0.15, 0.2) is 0 Å². The minimum Gasteiger partial charge on any atom is -0.494 e. The summed E-state index contributed by atoms with van der Waals surface area (Å²) in [6.45, 7) is 2.24. The van der Waals surface area contributed by atoms with Gasteiger partial charge in [-0.2, -0.15) is 0 Å². The van der Waals surface area contributed by atoms with E-state index < -0.39 is 24.0 Å². The van der Waals surface area contributed by atoms with Gasteiger partial charge in [-0.1, -0.05) is 12.1 Å². The molecule has 3 amide bonds. The summed E-state index contributed by atoms with van der Waals surface area (Å²) in [4.78, 5) is 34.9. The molecule has 0 aliphatic heterocycles. The number of hydrogen-bond acceptors (Lipinski definition) is 5. The number of benzene rings is 1. The smallest absolute Gasteiger partial charge is 0.236 e. The number of nitrogens with two attached hydrogens (primary N) is 1. The summed E-state index contributed by atoms with van der Waals surface area (Å²) >= 11 is 0. The molecular weight excluding hydrogens is 338 g/mol. The van der Waals surface area contributed by atoms with Gasteiger partial charge in [-0.25, -0.2) is 0 Å². The second-order valence-electron chi connectivity index (χ2n) is 6.35. The van der Waals surface area contributed by atoms with E-state index in [-0.39, 0.29) is 31.2 Å². The molecule has 0 bridgehead atoms. The average Bonchev–Trinajstić information content (AvgIpc) is 2.95. The normalized spacial score (nSPS) is 21.8. The van der Waals surface area contributed by atoms with Gasteiger partial charge in [-0.05, 0) is 37.5 Å². The first kappa shape index (κ1) is 19.7. The number of aliphatic hydroxyl groups excluding tert-OH is 1. The van der Waals surface area contributed by atoms with Crippen molar-refractivity contribution in [3.05, 3.63) is 29.8 Å². The first-order chi connectivity index (χ1) is 12.4. The van der Waals surface area contributed by atoms with Crippen molar-refractivity contribution in [2.24, 2.45) is 11.7 Å². The predicted molar refractivity (Wildman–Crippen MR) is 94.2 cm³/mol. The second-order valence-corrected chi connectivity index (χ2v) is 6.35. The molecule has 26 heavy (non-hydrogen) atoms. The van der Waals surface area contributed by atoms with Crippen molar-refractivity contribution in [1.82, 2.24) is 10.6 Å². The lowest BCUT2D eigenvalue weighted by atomic mass is 10.1. The van der Waals surface area contributed by atoms with Crippen LogP contribution in [0.2, 0.25) is 0 Å². The summed E-state index contributed by atoms with van der Waals surface area (Å²) in [6.07, 6.45) is -0.0725. The highest BCUT2D eigenvalue weighted by molar-refractivity contribution is 5.85. The van der Waals surface area contributed by atoms with Crippen molar-refractivity contribution >= 4 is 17.7 Å². The molecule has 8 heteroatoms. The molecule has 0 saturated heterocycles. The zero-order chi connectivity index (χ0) is 19.1. The van der Waals surface area contributed by atoms with Crippen LogP contribution in [0.4, 0.5) is 0 Å². The van der Waals surface area contributed by atoms with Crippen LogP contribution < -0.4 is 21.1 Å². The highest BCUT2D eigenvalue weighted by Gasteiger charge is 2.37. The lowest BCUT2D eigenvalue weighted by Gasteiger charge is -2.16. The van der Waals surface area contributed by atoms with E-state index in [2.05, 4.69) is 10.6 Å². The molecule has 1 aliphatic rings. The molecule has 0 heterocycles. The number of amides is 3. The Bertz CT molecular complexity index is 647. The summed E-state index contributed by atoms with van der Waals surface area (Å²) in [6, 6.07) is 6.74. The van der Waals surface area contributed by atoms with Gasteiger partial charge in [0, 0.05) is 5.92 Å². The lowest BCUT2D eigenvalue weighted by Crippen LogP contribution is -2.41. The van der Waals surface area contributed by atoms with E-state index in [1.807, 2.05) is 19.1 Å². The number of ether oxygens (including phenoxy) is 1. The number of hydrogen-bond donors (Lipinski definition) is 4. The van der Waals surface area contributed by atoms with Crippen LogP contribution in [0.25, 0.3) is 0 Å². The van der Waals surface area contributed by atoms with Gasteiger partial charge in [0.2, 0.25) is 17.7 Å². The fraction of sp³-hybridized carbons (Fsp3) is 0.500. The van der Waals surface area contributed by atoms with Crippen LogP contribution in [0.3, 0.4) is 0 Å². The van der Waals surface area contributed by atoms with Crippen LogP contribution in [-0.4, -0.2) is 48.1 Å². The van der Waals surface area contributed by atoms with E-state index in [0.29, 0.717) is 13.0 Å². The van der Waals surface area contributed by atoms with E-state index in [4.69, 9.17) is 10.5 Å². The fourth-order valence-electron chi connectivity index (χ4n) is 3.02. The molecule has 5 N–H and O–H groups in total. The van der Waals surface area contributed by atoms with Crippen molar-refractivity contribution in [1.29, 1.82) is 0 Å². The Hall–Kier alpha value is -2.61. The number of aliphatic hydroxyl groups is 1. The maximum atomic E-state index is 12.2. The molecule has 0 spiro atoms. The molecule has 1 aromatic rings. The monoisotopic (exact) mass is 363 g/mol. The lowest BCUT2D eigenvalue weighted by molar-refractivity contribution is -0.127. The Balaban J connectivity index is 1.82. The number of carbonyl (C=O) groups excluding carboxylic acids is 3. The maximum absolute atomic E-state index is 12.2. The Kier molecular flexibility index (Phi) is 6.97. The first-order valence-electron chi connectivity index (χ1n) is 8.64. The van der Waals surface area contributed by atoms with Crippen LogP contribution in [0.15, 0.2) is 24.3 Å². The first-order valence-corrected chi connectivity index (χ1v) is 8.64. The minimum absolute atomic E-state index is 0.175. The third-order valence-electron chi connectivity index (χ3n) is 4.28. The Labute approximate surface area is 152 Å². The molecule has 1 aromatic carbocycles. The third kappa shape index (κ3) is 5.73. The molecular formula is C18H25N3O5. The number of rotatable bonds is 8. The number of nitrogens with one attached hydrogen (secondary N) is 2. The van der Waals surface area contributed by atoms with Gasteiger partial charge in [-0.15, -0.1) is 0 Å². The largest absolute Gasteiger partial charge is 0.494 e. The highest BCUT2D eigenvalue weighted by atomic mass is 16.5. The number of primary amides is 1. The molecule has 8 nitrogen and oxygen atoms in total. The Morgan fingerprint density at radius 2 is 1.92 bits per heavy atom. The van der Waals surface area contributed by atoms with Crippen molar-refractivity contribution < 1.29 is 24.2 Å². The number of carbonyl (C=O) groups is 3. The van der Waals surface area contributed by atoms with Gasteiger partial charge >= 0.3 is 0 Å². The van der Waals surface area contributed by atoms with E-state index >= 15 is 0 Å². The Morgan fingerprint density at radius 1 is 1.23 bits per heavy atom. The van der Waals surface area contributed by atoms with Crippen molar-refractivity contribution in [2.75, 3.05) is 13.2 Å². The van der Waals surface area contributed by atoms with Crippen LogP contribution in [0, 0.1) is 5.92 Å². The molecule has 3 atom stereocenters. The summed E-state index contributed by atoms with van der Waals surface area (Å²) in [7, 11) is 0. The molecule has 1 fully saturated rings. The topological polar surface area (TPSA) is 131 Å². The van der Waals surface area contributed by atoms with E-state index in [0.717, 1.165) is 11.3 Å². The van der Waals surface area contributed by atoms with Crippen molar-refractivity contribution in [3.63, 3.8) is 0 Å².